The van der Waals surface area contributed by atoms with Crippen molar-refractivity contribution in [3.05, 3.63) is 118 Å². The van der Waals surface area contributed by atoms with Crippen LogP contribution in [0.2, 0.25) is 0 Å². The molecule has 30 heavy (non-hydrogen) atoms. The monoisotopic (exact) mass is 412 g/mol. The average molecular weight is 412 g/mol. The van der Waals surface area contributed by atoms with Gasteiger partial charge in [0.25, 0.3) is 11.5 Å². The lowest BCUT2D eigenvalue weighted by Crippen LogP contribution is -2.34. The van der Waals surface area contributed by atoms with E-state index in [9.17, 15) is 22.8 Å². The van der Waals surface area contributed by atoms with E-state index in [-0.39, 0.29) is 0 Å². The number of hydrogen-bond donors (Lipinski definition) is 2. The molecule has 154 valence electrons. The van der Waals surface area contributed by atoms with Gasteiger partial charge in [0.2, 0.25) is 0 Å². The van der Waals surface area contributed by atoms with Gasteiger partial charge in [0, 0.05) is 0 Å². The molecule has 1 atom stereocenters. The van der Waals surface area contributed by atoms with Crippen LogP contribution in [0.4, 0.5) is 13.2 Å². The number of alkyl halides is 3. The van der Waals surface area contributed by atoms with E-state index in [0.717, 1.165) is 22.8 Å². The van der Waals surface area contributed by atoms with Gasteiger partial charge < -0.3 is 10.3 Å². The summed E-state index contributed by atoms with van der Waals surface area (Å²) in [7, 11) is 0. The first-order valence-electron chi connectivity index (χ1n) is 9.15. The first-order chi connectivity index (χ1) is 14.3. The Hall–Kier alpha value is -3.61. The molecule has 3 aromatic rings. The summed E-state index contributed by atoms with van der Waals surface area (Å²) in [5.41, 5.74) is -0.172. The van der Waals surface area contributed by atoms with E-state index in [1.165, 1.54) is 0 Å². The van der Waals surface area contributed by atoms with Crippen LogP contribution in [0.15, 0.2) is 84.2 Å². The lowest BCUT2D eigenvalue weighted by molar-refractivity contribution is -0.141. The summed E-state index contributed by atoms with van der Waals surface area (Å²) in [6.45, 7) is 3.72. The largest absolute Gasteiger partial charge is 0.431 e. The van der Waals surface area contributed by atoms with Crippen LogP contribution >= 0.6 is 0 Å². The predicted octanol–water partition coefficient (Wildman–Crippen LogP) is 4.64. The average Bonchev–Trinajstić information content (AvgIpc) is 2.72. The van der Waals surface area contributed by atoms with Gasteiger partial charge in [-0.25, -0.2) is 0 Å². The molecule has 1 amide bonds. The molecule has 1 unspecified atom stereocenters. The Morgan fingerprint density at radius 2 is 1.73 bits per heavy atom. The number of rotatable bonds is 6. The number of nitrogens with one attached hydrogen (secondary N) is 2. The molecule has 1 heterocycles. The Morgan fingerprint density at radius 3 is 2.37 bits per heavy atom. The number of carbonyl (C=O) groups is 1. The molecule has 2 aromatic carbocycles. The van der Waals surface area contributed by atoms with Crippen molar-refractivity contribution in [2.75, 3.05) is 0 Å². The topological polar surface area (TPSA) is 62.0 Å². The van der Waals surface area contributed by atoms with Crippen LogP contribution in [-0.2, 0) is 12.6 Å². The molecule has 0 aliphatic carbocycles. The maximum Gasteiger partial charge on any atom is 0.431 e. The smallest absolute Gasteiger partial charge is 0.341 e. The van der Waals surface area contributed by atoms with Crippen LogP contribution in [0.3, 0.4) is 0 Å². The van der Waals surface area contributed by atoms with Crippen molar-refractivity contribution in [1.29, 1.82) is 0 Å². The fourth-order valence-electron chi connectivity index (χ4n) is 3.10. The molecule has 0 saturated carbocycles. The summed E-state index contributed by atoms with van der Waals surface area (Å²) in [6, 6.07) is 17.6. The zero-order chi connectivity index (χ0) is 21.7. The maximum atomic E-state index is 12.8. The quantitative estimate of drug-likeness (QED) is 0.580. The van der Waals surface area contributed by atoms with Crippen molar-refractivity contribution < 1.29 is 18.0 Å². The third-order valence-electron chi connectivity index (χ3n) is 4.53. The van der Waals surface area contributed by atoms with E-state index in [2.05, 4.69) is 11.9 Å². The van der Waals surface area contributed by atoms with E-state index in [4.69, 9.17) is 0 Å². The summed E-state index contributed by atoms with van der Waals surface area (Å²) < 4.78 is 38.3. The highest BCUT2D eigenvalue weighted by atomic mass is 19.4. The number of pyridine rings is 1. The lowest BCUT2D eigenvalue weighted by atomic mass is 9.96. The Kier molecular flexibility index (Phi) is 6.20. The second kappa shape index (κ2) is 8.82. The van der Waals surface area contributed by atoms with Crippen molar-refractivity contribution in [3.8, 4) is 0 Å². The zero-order valence-corrected chi connectivity index (χ0v) is 15.9. The Bertz CT molecular complexity index is 1110. The molecule has 2 N–H and O–H groups in total. The van der Waals surface area contributed by atoms with Gasteiger partial charge in [0.15, 0.2) is 0 Å². The van der Waals surface area contributed by atoms with Crippen LogP contribution in [0, 0.1) is 0 Å². The second-order valence-corrected chi connectivity index (χ2v) is 6.67. The number of amides is 1. The molecule has 7 heteroatoms. The molecule has 0 fully saturated rings. The number of hydrogen-bond acceptors (Lipinski definition) is 2. The van der Waals surface area contributed by atoms with E-state index in [0.29, 0.717) is 12.5 Å². The van der Waals surface area contributed by atoms with Gasteiger partial charge in [-0.2, -0.15) is 13.2 Å². The fourth-order valence-corrected chi connectivity index (χ4v) is 3.10. The maximum absolute atomic E-state index is 12.8. The number of H-pyrrole nitrogens is 1. The first kappa shape index (κ1) is 21.1. The number of aromatic nitrogens is 1. The van der Waals surface area contributed by atoms with E-state index in [1.807, 2.05) is 54.6 Å². The fraction of sp³-hybridized carbons (Fsp3) is 0.130. The van der Waals surface area contributed by atoms with Gasteiger partial charge >= 0.3 is 6.18 Å². The number of halogens is 3. The number of carbonyl (C=O) groups excluding carboxylic acids is 1. The van der Waals surface area contributed by atoms with Crippen molar-refractivity contribution in [2.24, 2.45) is 0 Å². The summed E-state index contributed by atoms with van der Waals surface area (Å²) >= 11 is 0. The molecular weight excluding hydrogens is 393 g/mol. The van der Waals surface area contributed by atoms with Gasteiger partial charge in [-0.15, -0.1) is 6.58 Å². The van der Waals surface area contributed by atoms with Crippen molar-refractivity contribution >= 4 is 5.91 Å². The number of aromatic amines is 1. The molecule has 3 rings (SSSR count). The minimum atomic E-state index is -4.70. The molecule has 1 aromatic heterocycles. The first-order valence-corrected chi connectivity index (χ1v) is 9.15. The molecule has 0 aliphatic rings. The van der Waals surface area contributed by atoms with Gasteiger partial charge in [-0.05, 0) is 35.2 Å². The molecule has 0 bridgehead atoms. The highest BCUT2D eigenvalue weighted by Gasteiger charge is 2.32. The van der Waals surface area contributed by atoms with E-state index in [1.54, 1.807) is 11.1 Å². The number of allylic oxidation sites excluding steroid dienone is 1. The normalized spacial score (nSPS) is 12.2. The SMILES string of the molecule is C=CCc1cccc(C(NC(=O)c2ccc(C(F)(F)F)[nH]c2=O)c2ccccc2)c1. The number of benzene rings is 2. The highest BCUT2D eigenvalue weighted by Crippen LogP contribution is 2.27. The van der Waals surface area contributed by atoms with Gasteiger partial charge in [-0.1, -0.05) is 60.7 Å². The van der Waals surface area contributed by atoms with E-state index >= 15 is 0 Å². The van der Waals surface area contributed by atoms with Crippen LogP contribution in [-0.4, -0.2) is 10.9 Å². The van der Waals surface area contributed by atoms with Crippen molar-refractivity contribution in [3.63, 3.8) is 0 Å². The molecule has 4 nitrogen and oxygen atoms in total. The molecule has 0 spiro atoms. The molecule has 0 saturated heterocycles. The molecule has 0 aliphatic heterocycles. The van der Waals surface area contributed by atoms with Crippen molar-refractivity contribution in [2.45, 2.75) is 18.6 Å². The van der Waals surface area contributed by atoms with E-state index < -0.39 is 34.9 Å². The molecule has 0 radical (unpaired) electrons. The minimum Gasteiger partial charge on any atom is -0.341 e. The van der Waals surface area contributed by atoms with Crippen LogP contribution in [0.1, 0.15) is 38.8 Å². The Balaban J connectivity index is 1.96. The molecular formula is C23H19F3N2O2. The third-order valence-corrected chi connectivity index (χ3v) is 4.53. The second-order valence-electron chi connectivity index (χ2n) is 6.67. The van der Waals surface area contributed by atoms with Crippen molar-refractivity contribution in [1.82, 2.24) is 10.3 Å². The summed E-state index contributed by atoms with van der Waals surface area (Å²) in [4.78, 5) is 26.6. The van der Waals surface area contributed by atoms with Crippen LogP contribution in [0.5, 0.6) is 0 Å². The standard InChI is InChI=1S/C23H19F3N2O2/c1-2-7-15-8-6-11-17(14-15)20(16-9-4-3-5-10-16)28-22(30)18-12-13-19(23(24,25)26)27-21(18)29/h2-6,8-14,20H,1,7H2,(H,27,29)(H,28,30). The van der Waals surface area contributed by atoms with Crippen LogP contribution < -0.4 is 10.9 Å². The summed E-state index contributed by atoms with van der Waals surface area (Å²) in [6.07, 6.45) is -2.30. The zero-order valence-electron chi connectivity index (χ0n) is 15.9. The predicted molar refractivity (Wildman–Crippen MR) is 108 cm³/mol. The van der Waals surface area contributed by atoms with Gasteiger partial charge in [-0.3, -0.25) is 9.59 Å². The lowest BCUT2D eigenvalue weighted by Gasteiger charge is -2.20. The summed E-state index contributed by atoms with van der Waals surface area (Å²) in [5, 5.41) is 2.77. The Labute approximate surface area is 171 Å². The summed E-state index contributed by atoms with van der Waals surface area (Å²) in [5.74, 6) is -0.770. The van der Waals surface area contributed by atoms with Gasteiger partial charge in [0.1, 0.15) is 11.3 Å². The highest BCUT2D eigenvalue weighted by molar-refractivity contribution is 5.94. The third kappa shape index (κ3) is 4.86. The minimum absolute atomic E-state index is 0.397. The van der Waals surface area contributed by atoms with Crippen LogP contribution in [0.25, 0.3) is 0 Å². The Morgan fingerprint density at radius 1 is 1.03 bits per heavy atom. The van der Waals surface area contributed by atoms with Gasteiger partial charge in [0.05, 0.1) is 6.04 Å².